The van der Waals surface area contributed by atoms with Gasteiger partial charge in [0.1, 0.15) is 11.6 Å². The molecule has 1 aromatic carbocycles. The summed E-state index contributed by atoms with van der Waals surface area (Å²) in [6.45, 7) is 8.69. The van der Waals surface area contributed by atoms with Gasteiger partial charge in [0, 0.05) is 50.6 Å². The molecule has 2 aliphatic rings. The Morgan fingerprint density at radius 2 is 1.94 bits per heavy atom. The number of aromatic nitrogens is 2. The first-order valence-corrected chi connectivity index (χ1v) is 12.7. The van der Waals surface area contributed by atoms with E-state index in [4.69, 9.17) is 9.47 Å². The third kappa shape index (κ3) is 7.53. The van der Waals surface area contributed by atoms with Crippen LogP contribution in [0.3, 0.4) is 0 Å². The molecule has 2 fully saturated rings. The normalized spacial score (nSPS) is 16.9. The zero-order chi connectivity index (χ0) is 24.5. The molecule has 9 heteroatoms. The largest absolute Gasteiger partial charge is 0.496 e. The predicted molar refractivity (Wildman–Crippen MR) is 137 cm³/mol. The van der Waals surface area contributed by atoms with Crippen LogP contribution in [0, 0.1) is 5.92 Å². The van der Waals surface area contributed by atoms with Crippen LogP contribution in [0.25, 0.3) is 0 Å². The third-order valence-corrected chi connectivity index (χ3v) is 6.83. The number of piperidine rings is 1. The maximum absolute atomic E-state index is 11.5. The number of nitrogens with zero attached hydrogens (tertiary/aromatic N) is 4. The summed E-state index contributed by atoms with van der Waals surface area (Å²) in [5.41, 5.74) is 1.88. The van der Waals surface area contributed by atoms with Gasteiger partial charge in [0.05, 0.1) is 20.3 Å². The highest BCUT2D eigenvalue weighted by Crippen LogP contribution is 2.25. The van der Waals surface area contributed by atoms with Gasteiger partial charge in [-0.05, 0) is 69.0 Å². The molecule has 0 bridgehead atoms. The molecule has 1 aromatic heterocycles. The van der Waals surface area contributed by atoms with Crippen LogP contribution in [-0.4, -0.2) is 78.7 Å². The highest BCUT2D eigenvalue weighted by molar-refractivity contribution is 5.73. The number of carbonyl (C=O) groups is 1. The molecule has 9 nitrogen and oxygen atoms in total. The Bertz CT molecular complexity index is 958. The van der Waals surface area contributed by atoms with E-state index in [1.165, 1.54) is 25.9 Å². The zero-order valence-electron chi connectivity index (χ0n) is 21.0. The number of anilines is 3. The van der Waals surface area contributed by atoms with E-state index in [0.717, 1.165) is 61.8 Å². The number of hydrogen-bond donors (Lipinski definition) is 2. The summed E-state index contributed by atoms with van der Waals surface area (Å²) >= 11 is 0. The third-order valence-electron chi connectivity index (χ3n) is 6.83. The fourth-order valence-corrected chi connectivity index (χ4v) is 4.70. The number of carbonyl (C=O) groups excluding carboxylic acids is 1. The van der Waals surface area contributed by atoms with E-state index in [0.29, 0.717) is 25.1 Å². The SMILES string of the molecule is COc1ccc(Nc2nccc(NCC3CCN(C(C)=O)CC3)n2)cc1COCCN1CCCC1. The second-order valence-electron chi connectivity index (χ2n) is 9.35. The summed E-state index contributed by atoms with van der Waals surface area (Å²) in [6, 6.07) is 7.81. The van der Waals surface area contributed by atoms with Gasteiger partial charge in [0.25, 0.3) is 0 Å². The van der Waals surface area contributed by atoms with Crippen LogP contribution >= 0.6 is 0 Å². The molecule has 0 spiro atoms. The average molecular weight is 483 g/mol. The number of likely N-dealkylation sites (tertiary alicyclic amines) is 2. The number of methoxy groups -OCH3 is 1. The van der Waals surface area contributed by atoms with E-state index >= 15 is 0 Å². The maximum Gasteiger partial charge on any atom is 0.229 e. The van der Waals surface area contributed by atoms with Gasteiger partial charge in [0.2, 0.25) is 11.9 Å². The van der Waals surface area contributed by atoms with Crippen LogP contribution in [0.2, 0.25) is 0 Å². The lowest BCUT2D eigenvalue weighted by Gasteiger charge is -2.31. The second-order valence-corrected chi connectivity index (χ2v) is 9.35. The molecule has 2 N–H and O–H groups in total. The summed E-state index contributed by atoms with van der Waals surface area (Å²) in [4.78, 5) is 24.9. The first-order valence-electron chi connectivity index (χ1n) is 12.7. The van der Waals surface area contributed by atoms with E-state index in [-0.39, 0.29) is 5.91 Å². The minimum atomic E-state index is 0.165. The molecule has 35 heavy (non-hydrogen) atoms. The van der Waals surface area contributed by atoms with E-state index in [9.17, 15) is 4.79 Å². The number of ether oxygens (including phenoxy) is 2. The number of amides is 1. The van der Waals surface area contributed by atoms with Gasteiger partial charge >= 0.3 is 0 Å². The molecule has 0 atom stereocenters. The van der Waals surface area contributed by atoms with E-state index < -0.39 is 0 Å². The van der Waals surface area contributed by atoms with Crippen molar-refractivity contribution < 1.29 is 14.3 Å². The summed E-state index contributed by atoms with van der Waals surface area (Å²) in [6.07, 6.45) is 6.36. The lowest BCUT2D eigenvalue weighted by Crippen LogP contribution is -2.38. The van der Waals surface area contributed by atoms with E-state index in [1.807, 2.05) is 29.2 Å². The van der Waals surface area contributed by atoms with E-state index in [2.05, 4.69) is 25.5 Å². The van der Waals surface area contributed by atoms with Crippen molar-refractivity contribution in [1.29, 1.82) is 0 Å². The van der Waals surface area contributed by atoms with Crippen molar-refractivity contribution in [1.82, 2.24) is 19.8 Å². The van der Waals surface area contributed by atoms with Crippen LogP contribution in [0.4, 0.5) is 17.5 Å². The van der Waals surface area contributed by atoms with Crippen molar-refractivity contribution in [3.8, 4) is 5.75 Å². The summed E-state index contributed by atoms with van der Waals surface area (Å²) in [5, 5.41) is 6.73. The van der Waals surface area contributed by atoms with Crippen LogP contribution in [-0.2, 0) is 16.1 Å². The van der Waals surface area contributed by atoms with Gasteiger partial charge in [-0.15, -0.1) is 0 Å². The molecule has 0 aliphatic carbocycles. The Balaban J connectivity index is 1.28. The Hall–Kier alpha value is -2.91. The van der Waals surface area contributed by atoms with Gasteiger partial charge in [0.15, 0.2) is 0 Å². The summed E-state index contributed by atoms with van der Waals surface area (Å²) in [7, 11) is 1.68. The standard InChI is InChI=1S/C26H38N6O3/c1-20(33)32-13-8-21(9-14-32)18-28-25-7-10-27-26(30-25)29-23-5-6-24(34-2)22(17-23)19-35-16-15-31-11-3-4-12-31/h5-7,10,17,21H,3-4,8-9,11-16,18-19H2,1-2H3,(H2,27,28,29,30). The molecule has 190 valence electrons. The molecule has 2 saturated heterocycles. The Morgan fingerprint density at radius 1 is 1.14 bits per heavy atom. The lowest BCUT2D eigenvalue weighted by molar-refractivity contribution is -0.130. The summed E-state index contributed by atoms with van der Waals surface area (Å²) < 4.78 is 11.5. The van der Waals surface area contributed by atoms with Crippen molar-refractivity contribution in [3.63, 3.8) is 0 Å². The molecular weight excluding hydrogens is 444 g/mol. The minimum Gasteiger partial charge on any atom is -0.496 e. The van der Waals surface area contributed by atoms with Crippen molar-refractivity contribution in [2.24, 2.45) is 5.92 Å². The van der Waals surface area contributed by atoms with Gasteiger partial charge in [-0.25, -0.2) is 4.98 Å². The molecule has 2 aliphatic heterocycles. The monoisotopic (exact) mass is 482 g/mol. The minimum absolute atomic E-state index is 0.165. The quantitative estimate of drug-likeness (QED) is 0.470. The Kier molecular flexibility index (Phi) is 9.14. The van der Waals surface area contributed by atoms with Gasteiger partial charge in [-0.2, -0.15) is 4.98 Å². The molecule has 0 unspecified atom stereocenters. The fourth-order valence-electron chi connectivity index (χ4n) is 4.70. The van der Waals surface area contributed by atoms with Crippen molar-refractivity contribution in [2.45, 2.75) is 39.2 Å². The maximum atomic E-state index is 11.5. The molecule has 4 rings (SSSR count). The van der Waals surface area contributed by atoms with Crippen molar-refractivity contribution in [3.05, 3.63) is 36.0 Å². The van der Waals surface area contributed by atoms with Gasteiger partial charge in [-0.3, -0.25) is 4.79 Å². The topological polar surface area (TPSA) is 91.9 Å². The Labute approximate surface area is 208 Å². The van der Waals surface area contributed by atoms with Crippen LogP contribution in [0.5, 0.6) is 5.75 Å². The first-order chi connectivity index (χ1) is 17.1. The smallest absolute Gasteiger partial charge is 0.229 e. The molecule has 0 saturated carbocycles. The van der Waals surface area contributed by atoms with Gasteiger partial charge < -0.3 is 29.9 Å². The number of nitrogens with one attached hydrogen (secondary N) is 2. The van der Waals surface area contributed by atoms with Crippen LogP contribution in [0.1, 0.15) is 38.2 Å². The Morgan fingerprint density at radius 3 is 2.69 bits per heavy atom. The van der Waals surface area contributed by atoms with Gasteiger partial charge in [-0.1, -0.05) is 0 Å². The number of hydrogen-bond acceptors (Lipinski definition) is 8. The molecule has 0 radical (unpaired) electrons. The predicted octanol–water partition coefficient (Wildman–Crippen LogP) is 3.51. The van der Waals surface area contributed by atoms with Crippen LogP contribution in [0.15, 0.2) is 30.5 Å². The zero-order valence-corrected chi connectivity index (χ0v) is 21.0. The highest BCUT2D eigenvalue weighted by atomic mass is 16.5. The van der Waals surface area contributed by atoms with E-state index in [1.54, 1.807) is 20.2 Å². The highest BCUT2D eigenvalue weighted by Gasteiger charge is 2.20. The molecule has 2 aromatic rings. The van der Waals surface area contributed by atoms with Crippen LogP contribution < -0.4 is 15.4 Å². The molecule has 1 amide bonds. The molecule has 3 heterocycles. The number of rotatable bonds is 11. The fraction of sp³-hybridized carbons (Fsp3) is 0.577. The average Bonchev–Trinajstić information content (AvgIpc) is 3.40. The van der Waals surface area contributed by atoms with Crippen molar-refractivity contribution in [2.75, 3.05) is 63.6 Å². The first kappa shape index (κ1) is 25.2. The number of benzene rings is 1. The second kappa shape index (κ2) is 12.7. The van der Waals surface area contributed by atoms with Crippen molar-refractivity contribution >= 4 is 23.4 Å². The lowest BCUT2D eigenvalue weighted by atomic mass is 9.97. The molecular formula is C26H38N6O3. The summed E-state index contributed by atoms with van der Waals surface area (Å²) in [5.74, 6) is 2.83.